The fourth-order valence-corrected chi connectivity index (χ4v) is 1.09. The molecule has 0 aliphatic heterocycles. The molecule has 17 heavy (non-hydrogen) atoms. The lowest BCUT2D eigenvalue weighted by Crippen LogP contribution is -2.15. The molecule has 0 spiro atoms. The Hall–Kier alpha value is -2.57. The van der Waals surface area contributed by atoms with Crippen molar-refractivity contribution in [3.8, 4) is 0 Å². The van der Waals surface area contributed by atoms with Crippen LogP contribution < -0.4 is 11.1 Å². The lowest BCUT2D eigenvalue weighted by Gasteiger charge is -2.02. The summed E-state index contributed by atoms with van der Waals surface area (Å²) in [4.78, 5) is 15.3. The highest BCUT2D eigenvalue weighted by Crippen LogP contribution is 2.05. The molecule has 7 heteroatoms. The molecule has 0 saturated heterocycles. The largest absolute Gasteiger partial charge is 0.382 e. The van der Waals surface area contributed by atoms with Crippen LogP contribution in [0.15, 0.2) is 30.5 Å². The van der Waals surface area contributed by atoms with E-state index in [1.165, 1.54) is 24.3 Å². The van der Waals surface area contributed by atoms with Crippen molar-refractivity contribution in [2.75, 3.05) is 11.1 Å². The Bertz CT molecular complexity index is 525. The average Bonchev–Trinajstić information content (AvgIpc) is 2.33. The van der Waals surface area contributed by atoms with E-state index in [1.54, 1.807) is 0 Å². The van der Waals surface area contributed by atoms with Crippen LogP contribution in [0.3, 0.4) is 0 Å². The highest BCUT2D eigenvalue weighted by atomic mass is 19.1. The number of nitrogens with two attached hydrogens (primary N) is 1. The molecule has 0 saturated carbocycles. The third-order valence-electron chi connectivity index (χ3n) is 1.89. The van der Waals surface area contributed by atoms with Gasteiger partial charge in [0.25, 0.3) is 5.91 Å². The van der Waals surface area contributed by atoms with Crippen LogP contribution in [-0.2, 0) is 0 Å². The van der Waals surface area contributed by atoms with Crippen LogP contribution in [0, 0.1) is 5.82 Å². The number of hydrogen-bond acceptors (Lipinski definition) is 5. The fraction of sp³-hybridized carbons (Fsp3) is 0. The lowest BCUT2D eigenvalue weighted by molar-refractivity contribution is 0.102. The Labute approximate surface area is 95.7 Å². The van der Waals surface area contributed by atoms with Gasteiger partial charge in [0.1, 0.15) is 17.5 Å². The van der Waals surface area contributed by atoms with E-state index in [0.29, 0.717) is 0 Å². The van der Waals surface area contributed by atoms with Gasteiger partial charge in [-0.1, -0.05) is 0 Å². The lowest BCUT2D eigenvalue weighted by atomic mass is 10.3. The Balaban J connectivity index is 2.11. The monoisotopic (exact) mass is 233 g/mol. The number of anilines is 2. The number of nitrogens with zero attached hydrogens (tertiary/aromatic N) is 3. The summed E-state index contributed by atoms with van der Waals surface area (Å²) < 4.78 is 12.6. The van der Waals surface area contributed by atoms with Gasteiger partial charge in [-0.05, 0) is 24.3 Å². The molecule has 0 unspecified atom stereocenters. The normalized spacial score (nSPS) is 9.94. The van der Waals surface area contributed by atoms with Crippen LogP contribution in [0.2, 0.25) is 0 Å². The molecule has 6 nitrogen and oxygen atoms in total. The molecule has 1 amide bonds. The van der Waals surface area contributed by atoms with E-state index in [1.807, 2.05) is 0 Å². The SMILES string of the molecule is Nc1ccc(C(=O)Nc2ccc(F)cn2)nn1. The van der Waals surface area contributed by atoms with Crippen LogP contribution in [0.25, 0.3) is 0 Å². The van der Waals surface area contributed by atoms with E-state index in [9.17, 15) is 9.18 Å². The van der Waals surface area contributed by atoms with Crippen molar-refractivity contribution in [3.63, 3.8) is 0 Å². The van der Waals surface area contributed by atoms with E-state index in [0.717, 1.165) is 6.20 Å². The molecule has 0 fully saturated rings. The van der Waals surface area contributed by atoms with Crippen molar-refractivity contribution in [1.82, 2.24) is 15.2 Å². The third-order valence-corrected chi connectivity index (χ3v) is 1.89. The number of hydrogen-bond donors (Lipinski definition) is 2. The second-order valence-corrected chi connectivity index (χ2v) is 3.16. The van der Waals surface area contributed by atoms with Crippen LogP contribution in [-0.4, -0.2) is 21.1 Å². The molecular weight excluding hydrogens is 225 g/mol. The van der Waals surface area contributed by atoms with Gasteiger partial charge in [-0.15, -0.1) is 10.2 Å². The molecule has 0 aromatic carbocycles. The van der Waals surface area contributed by atoms with Gasteiger partial charge in [-0.25, -0.2) is 9.37 Å². The van der Waals surface area contributed by atoms with Crippen LogP contribution in [0.4, 0.5) is 16.0 Å². The molecular formula is C10H8FN5O. The quantitative estimate of drug-likeness (QED) is 0.801. The number of halogens is 1. The average molecular weight is 233 g/mol. The highest BCUT2D eigenvalue weighted by Gasteiger charge is 2.08. The summed E-state index contributed by atoms with van der Waals surface area (Å²) in [6.45, 7) is 0. The number of carbonyl (C=O) groups is 1. The van der Waals surface area contributed by atoms with Crippen molar-refractivity contribution < 1.29 is 9.18 Å². The summed E-state index contributed by atoms with van der Waals surface area (Å²) in [6.07, 6.45) is 1.00. The minimum Gasteiger partial charge on any atom is -0.382 e. The van der Waals surface area contributed by atoms with E-state index in [-0.39, 0.29) is 17.3 Å². The molecule has 0 aliphatic carbocycles. The number of carbonyl (C=O) groups excluding carboxylic acids is 1. The first kappa shape index (κ1) is 10.9. The zero-order chi connectivity index (χ0) is 12.3. The molecule has 0 aliphatic rings. The van der Waals surface area contributed by atoms with Gasteiger partial charge in [0.2, 0.25) is 0 Å². The number of aromatic nitrogens is 3. The Morgan fingerprint density at radius 2 is 2.06 bits per heavy atom. The summed E-state index contributed by atoms with van der Waals surface area (Å²) >= 11 is 0. The van der Waals surface area contributed by atoms with Crippen molar-refractivity contribution >= 4 is 17.5 Å². The highest BCUT2D eigenvalue weighted by molar-refractivity contribution is 6.02. The van der Waals surface area contributed by atoms with Crippen molar-refractivity contribution in [1.29, 1.82) is 0 Å². The van der Waals surface area contributed by atoms with Gasteiger partial charge in [0.15, 0.2) is 5.69 Å². The van der Waals surface area contributed by atoms with Crippen molar-refractivity contribution in [2.24, 2.45) is 0 Å². The van der Waals surface area contributed by atoms with Gasteiger partial charge < -0.3 is 11.1 Å². The topological polar surface area (TPSA) is 93.8 Å². The Morgan fingerprint density at radius 1 is 1.24 bits per heavy atom. The summed E-state index contributed by atoms with van der Waals surface area (Å²) in [6, 6.07) is 5.43. The number of nitrogens with one attached hydrogen (secondary N) is 1. The smallest absolute Gasteiger partial charge is 0.277 e. The van der Waals surface area contributed by atoms with Crippen molar-refractivity contribution in [3.05, 3.63) is 42.0 Å². The maximum atomic E-state index is 12.6. The second kappa shape index (κ2) is 4.52. The molecule has 3 N–H and O–H groups in total. The molecule has 2 aromatic rings. The maximum Gasteiger partial charge on any atom is 0.277 e. The molecule has 2 rings (SSSR count). The fourth-order valence-electron chi connectivity index (χ4n) is 1.09. The zero-order valence-corrected chi connectivity index (χ0v) is 8.59. The van der Waals surface area contributed by atoms with E-state index >= 15 is 0 Å². The molecule has 2 aromatic heterocycles. The number of pyridine rings is 1. The van der Waals surface area contributed by atoms with Crippen LogP contribution >= 0.6 is 0 Å². The van der Waals surface area contributed by atoms with Gasteiger partial charge >= 0.3 is 0 Å². The van der Waals surface area contributed by atoms with Crippen LogP contribution in [0.1, 0.15) is 10.5 Å². The Kier molecular flexibility index (Phi) is 2.91. The predicted octanol–water partition coefficient (Wildman–Crippen LogP) is 0.845. The number of nitrogen functional groups attached to an aromatic ring is 1. The second-order valence-electron chi connectivity index (χ2n) is 3.16. The predicted molar refractivity (Wildman–Crippen MR) is 58.6 cm³/mol. The minimum absolute atomic E-state index is 0.102. The first-order chi connectivity index (χ1) is 8.15. The zero-order valence-electron chi connectivity index (χ0n) is 8.59. The first-order valence-electron chi connectivity index (χ1n) is 4.67. The minimum atomic E-state index is -0.489. The van der Waals surface area contributed by atoms with Gasteiger partial charge in [0, 0.05) is 0 Å². The van der Waals surface area contributed by atoms with Gasteiger partial charge in [-0.3, -0.25) is 4.79 Å². The van der Waals surface area contributed by atoms with Gasteiger partial charge in [0.05, 0.1) is 6.20 Å². The first-order valence-corrected chi connectivity index (χ1v) is 4.67. The number of amides is 1. The Morgan fingerprint density at radius 3 is 2.65 bits per heavy atom. The molecule has 0 bridgehead atoms. The third kappa shape index (κ3) is 2.71. The maximum absolute atomic E-state index is 12.6. The van der Waals surface area contributed by atoms with Crippen molar-refractivity contribution in [2.45, 2.75) is 0 Å². The molecule has 2 heterocycles. The standard InChI is InChI=1S/C10H8FN5O/c11-6-1-4-9(13-5-6)14-10(17)7-2-3-8(12)16-15-7/h1-5H,(H2,12,16)(H,13,14,17). The summed E-state index contributed by atoms with van der Waals surface area (Å²) in [5.41, 5.74) is 5.44. The van der Waals surface area contributed by atoms with E-state index in [4.69, 9.17) is 5.73 Å². The number of rotatable bonds is 2. The summed E-state index contributed by atoms with van der Waals surface area (Å²) in [5, 5.41) is 9.59. The summed E-state index contributed by atoms with van der Waals surface area (Å²) in [5.74, 6) is -0.511. The molecule has 0 radical (unpaired) electrons. The summed E-state index contributed by atoms with van der Waals surface area (Å²) in [7, 11) is 0. The van der Waals surface area contributed by atoms with E-state index in [2.05, 4.69) is 20.5 Å². The van der Waals surface area contributed by atoms with Gasteiger partial charge in [-0.2, -0.15) is 0 Å². The van der Waals surface area contributed by atoms with Crippen LogP contribution in [0.5, 0.6) is 0 Å². The molecule has 0 atom stereocenters. The van der Waals surface area contributed by atoms with E-state index < -0.39 is 11.7 Å². The molecule has 86 valence electrons.